The largest absolute Gasteiger partial charge is 0.508 e. The summed E-state index contributed by atoms with van der Waals surface area (Å²) in [7, 11) is 0. The van der Waals surface area contributed by atoms with Crippen molar-refractivity contribution < 1.29 is 63.3 Å². The van der Waals surface area contributed by atoms with Crippen LogP contribution >= 0.6 is 0 Å². The Labute approximate surface area is 501 Å². The van der Waals surface area contributed by atoms with Crippen molar-refractivity contribution in [3.8, 4) is 5.75 Å². The Bertz CT molecular complexity index is 2720. The number of aliphatic carboxylic acids is 1. The number of carbonyl (C=O) groups excluding carboxylic acids is 9. The summed E-state index contributed by atoms with van der Waals surface area (Å²) in [6.07, 6.45) is 2.59. The van der Waals surface area contributed by atoms with Gasteiger partial charge in [0.25, 0.3) is 0 Å². The normalized spacial score (nSPS) is 14.4. The smallest absolute Gasteiger partial charge is 0.326 e. The molecule has 28 heteroatoms. The Morgan fingerprint density at radius 2 is 0.988 bits per heavy atom. The van der Waals surface area contributed by atoms with Gasteiger partial charge in [-0.15, -0.1) is 0 Å². The van der Waals surface area contributed by atoms with E-state index in [1.165, 1.54) is 24.7 Å². The number of rotatable bonds is 37. The average Bonchev–Trinajstić information content (AvgIpc) is 2.89. The number of aliphatic imine (C=N–C) groups is 1. The van der Waals surface area contributed by atoms with E-state index in [1.54, 1.807) is 84.0 Å². The molecule has 0 saturated carbocycles. The Morgan fingerprint density at radius 3 is 1.48 bits per heavy atom. The van der Waals surface area contributed by atoms with Crippen molar-refractivity contribution >= 4 is 65.1 Å². The van der Waals surface area contributed by atoms with Gasteiger partial charge in [0.1, 0.15) is 54.1 Å². The molecule has 0 aliphatic carbocycles. The summed E-state index contributed by atoms with van der Waals surface area (Å²) in [6.45, 7) is 12.6. The van der Waals surface area contributed by atoms with Gasteiger partial charge in [0.15, 0.2) is 5.96 Å². The third-order valence-corrected chi connectivity index (χ3v) is 13.4. The molecule has 86 heavy (non-hydrogen) atoms. The average molecular weight is 1200 g/mol. The number of aromatic nitrogens is 2. The number of guanidine groups is 1. The number of carboxylic acids is 1. The lowest BCUT2D eigenvalue weighted by Crippen LogP contribution is -2.60. The molecule has 0 bridgehead atoms. The lowest BCUT2D eigenvalue weighted by molar-refractivity contribution is -0.142. The topological polar surface area (TPSA) is 459 Å². The van der Waals surface area contributed by atoms with Crippen molar-refractivity contribution in [1.82, 2.24) is 57.8 Å². The zero-order valence-corrected chi connectivity index (χ0v) is 50.2. The molecule has 1 heterocycles. The number of aromatic hydroxyl groups is 1. The number of aromatic amines is 1. The first-order valence-electron chi connectivity index (χ1n) is 28.7. The minimum Gasteiger partial charge on any atom is -0.508 e. The van der Waals surface area contributed by atoms with Gasteiger partial charge in [0, 0.05) is 37.7 Å². The summed E-state index contributed by atoms with van der Waals surface area (Å²) in [6, 6.07) is 2.71. The maximum Gasteiger partial charge on any atom is 0.326 e. The molecule has 9 atom stereocenters. The summed E-state index contributed by atoms with van der Waals surface area (Å²) < 4.78 is 0. The predicted octanol–water partition coefficient (Wildman–Crippen LogP) is -1.61. The lowest BCUT2D eigenvalue weighted by atomic mass is 9.98. The lowest BCUT2D eigenvalue weighted by Gasteiger charge is -2.28. The third-order valence-electron chi connectivity index (χ3n) is 13.4. The first kappa shape index (κ1) is 71.6. The van der Waals surface area contributed by atoms with Gasteiger partial charge < -0.3 is 85.4 Å². The number of nitrogens with zero attached hydrogens (tertiary/aromatic N) is 2. The Hall–Kier alpha value is -8.66. The standard InChI is InChI=1S/C58H89N15O13/c1-31(2)21-40(67-51(79)41(22-32(3)4)68-53(81)43(71-56(84)48(59)34(7)8)24-36-16-18-38(75)19-17-36)49(77)64-28-47(76)66-39(15-12-20-63-58(60)61)50(78)70-44(26-37-27-62-30-65-37)54(82)73-46(29-74)55(83)69-42(23-33(5)6)52(80)72-45(57(85)86)25-35-13-10-9-11-14-35/h9-11,13-14,16-19,27,30-34,39-46,48,74-75H,12,15,20-26,28-29,59H2,1-8H3,(H,62,65)(H,64,77)(H,66,76)(H,67,79)(H,68,81)(H,69,83)(H,70,78)(H,71,84)(H,72,80)(H,73,82)(H,85,86)(H4,60,61,63)/t39-,40-,41-,42-,43-,44-,45-,46-,48-/m0/s1. The molecule has 0 fully saturated rings. The minimum atomic E-state index is -1.70. The van der Waals surface area contributed by atoms with Crippen molar-refractivity contribution in [2.75, 3.05) is 19.7 Å². The van der Waals surface area contributed by atoms with Crippen molar-refractivity contribution in [2.45, 2.75) is 161 Å². The van der Waals surface area contributed by atoms with Crippen LogP contribution in [0.15, 0.2) is 72.1 Å². The Balaban J connectivity index is 1.82. The fourth-order valence-corrected chi connectivity index (χ4v) is 8.77. The Morgan fingerprint density at radius 1 is 0.547 bits per heavy atom. The van der Waals surface area contributed by atoms with E-state index in [0.29, 0.717) is 16.8 Å². The molecule has 0 spiro atoms. The van der Waals surface area contributed by atoms with E-state index >= 15 is 0 Å². The first-order valence-corrected chi connectivity index (χ1v) is 28.7. The Kier molecular flexibility index (Phi) is 30.2. The van der Waals surface area contributed by atoms with Crippen molar-refractivity contribution in [3.63, 3.8) is 0 Å². The number of H-pyrrole nitrogens is 1. The molecular weight excluding hydrogens is 1110 g/mol. The molecule has 1 aromatic heterocycles. The predicted molar refractivity (Wildman–Crippen MR) is 319 cm³/mol. The number of hydrogen-bond acceptors (Lipinski definition) is 15. The maximum absolute atomic E-state index is 14.2. The molecule has 9 amide bonds. The van der Waals surface area contributed by atoms with Gasteiger partial charge in [-0.3, -0.25) is 48.1 Å². The van der Waals surface area contributed by atoms with Crippen LogP contribution in [0.25, 0.3) is 0 Å². The fraction of sp³-hybridized carbons (Fsp3) is 0.552. The molecule has 0 aliphatic rings. The van der Waals surface area contributed by atoms with Crippen LogP contribution in [0.3, 0.4) is 0 Å². The fourth-order valence-electron chi connectivity index (χ4n) is 8.77. The molecule has 0 saturated heterocycles. The number of carboxylic acid groups (broad SMARTS) is 1. The second-order valence-electron chi connectivity index (χ2n) is 22.7. The van der Waals surface area contributed by atoms with E-state index in [2.05, 4.69) is 62.8 Å². The second kappa shape index (κ2) is 36.2. The number of nitrogens with two attached hydrogens (primary N) is 3. The van der Waals surface area contributed by atoms with Crippen LogP contribution in [-0.2, 0) is 67.2 Å². The summed E-state index contributed by atoms with van der Waals surface area (Å²) in [5, 5.41) is 53.4. The number of hydrogen-bond donors (Lipinski definition) is 16. The SMILES string of the molecule is CC(C)C[C@H](NC(=O)[C@H](CC(C)C)NC(=O)[C@H](Cc1ccc(O)cc1)NC(=O)[C@@H](N)C(C)C)C(=O)NCC(=O)N[C@@H](CCCN=C(N)N)C(=O)N[C@@H](Cc1cnc[nH]1)C(=O)N[C@@H](CO)C(=O)N[C@@H](CC(C)C)C(=O)N[C@@H](Cc1ccccc1)C(=O)O. The third kappa shape index (κ3) is 26.1. The van der Waals surface area contributed by atoms with Crippen LogP contribution < -0.4 is 65.1 Å². The molecular formula is C58H89N15O13. The van der Waals surface area contributed by atoms with Crippen molar-refractivity contribution in [2.24, 2.45) is 45.9 Å². The number of aliphatic hydroxyl groups is 1. The molecule has 3 aromatic rings. The van der Waals surface area contributed by atoms with E-state index in [0.717, 1.165) is 0 Å². The number of nitrogens with one attached hydrogen (secondary N) is 10. The van der Waals surface area contributed by atoms with E-state index in [4.69, 9.17) is 17.2 Å². The van der Waals surface area contributed by atoms with Crippen LogP contribution in [0.1, 0.15) is 104 Å². The molecule has 0 aliphatic heterocycles. The molecule has 2 aromatic carbocycles. The molecule has 0 radical (unpaired) electrons. The highest BCUT2D eigenvalue weighted by atomic mass is 16.4. The summed E-state index contributed by atoms with van der Waals surface area (Å²) in [5.74, 6) is -9.80. The van der Waals surface area contributed by atoms with Gasteiger partial charge in [-0.05, 0) is 79.0 Å². The van der Waals surface area contributed by atoms with Crippen molar-refractivity contribution in [1.29, 1.82) is 0 Å². The van der Waals surface area contributed by atoms with Gasteiger partial charge >= 0.3 is 5.97 Å². The number of imidazole rings is 1. The van der Waals surface area contributed by atoms with E-state index in [1.807, 2.05) is 13.8 Å². The highest BCUT2D eigenvalue weighted by molar-refractivity contribution is 5.98. The molecule has 28 nitrogen and oxygen atoms in total. The summed E-state index contributed by atoms with van der Waals surface area (Å²) >= 11 is 0. The highest BCUT2D eigenvalue weighted by Crippen LogP contribution is 2.15. The van der Waals surface area contributed by atoms with Gasteiger partial charge in [-0.1, -0.05) is 97.9 Å². The zero-order valence-electron chi connectivity index (χ0n) is 50.2. The van der Waals surface area contributed by atoms with Crippen LogP contribution in [0.2, 0.25) is 0 Å². The van der Waals surface area contributed by atoms with Crippen LogP contribution in [-0.4, -0.2) is 164 Å². The molecule has 3 rings (SSSR count). The number of amides is 9. The van der Waals surface area contributed by atoms with E-state index in [9.17, 15) is 63.3 Å². The first-order chi connectivity index (χ1) is 40.6. The zero-order chi connectivity index (χ0) is 64.2. The number of phenols is 1. The van der Waals surface area contributed by atoms with Crippen molar-refractivity contribution in [3.05, 3.63) is 83.9 Å². The summed E-state index contributed by atoms with van der Waals surface area (Å²) in [5.41, 5.74) is 18.7. The number of aliphatic hydroxyl groups excluding tert-OH is 1. The monoisotopic (exact) mass is 1200 g/mol. The number of carbonyl (C=O) groups is 10. The van der Waals surface area contributed by atoms with E-state index < -0.39 is 127 Å². The van der Waals surface area contributed by atoms with Gasteiger partial charge in [-0.2, -0.15) is 0 Å². The number of benzene rings is 2. The number of phenolic OH excluding ortho intramolecular Hbond substituents is 1. The van der Waals surface area contributed by atoms with E-state index in [-0.39, 0.29) is 93.3 Å². The van der Waals surface area contributed by atoms with Crippen LogP contribution in [0.4, 0.5) is 0 Å². The highest BCUT2D eigenvalue weighted by Gasteiger charge is 2.35. The summed E-state index contributed by atoms with van der Waals surface area (Å²) in [4.78, 5) is 148. The molecule has 0 unspecified atom stereocenters. The minimum absolute atomic E-state index is 0.0104. The van der Waals surface area contributed by atoms with Crippen LogP contribution in [0, 0.1) is 23.7 Å². The van der Waals surface area contributed by atoms with Gasteiger partial charge in [0.05, 0.1) is 25.5 Å². The molecule has 19 N–H and O–H groups in total. The van der Waals surface area contributed by atoms with Crippen LogP contribution in [0.5, 0.6) is 5.75 Å². The quantitative estimate of drug-likeness (QED) is 0.0175. The maximum atomic E-state index is 14.2. The molecule has 474 valence electrons. The van der Waals surface area contributed by atoms with Gasteiger partial charge in [-0.25, -0.2) is 9.78 Å². The van der Waals surface area contributed by atoms with Gasteiger partial charge in [0.2, 0.25) is 53.2 Å². The second-order valence-corrected chi connectivity index (χ2v) is 22.7.